The Labute approximate surface area is 153 Å². The second kappa shape index (κ2) is 7.47. The largest absolute Gasteiger partial charge is 0.480 e. The molecule has 2 aromatic rings. The second-order valence-electron chi connectivity index (χ2n) is 7.13. The highest BCUT2D eigenvalue weighted by Gasteiger charge is 2.32. The Bertz CT molecular complexity index is 806. The summed E-state index contributed by atoms with van der Waals surface area (Å²) in [6, 6.07) is 5.34. The lowest BCUT2D eigenvalue weighted by atomic mass is 10.0. The van der Waals surface area contributed by atoms with Gasteiger partial charge in [0.1, 0.15) is 6.04 Å². The van der Waals surface area contributed by atoms with Crippen LogP contribution in [-0.4, -0.2) is 83.5 Å². The summed E-state index contributed by atoms with van der Waals surface area (Å²) in [6.45, 7) is 5.00. The molecule has 0 aliphatic carbocycles. The van der Waals surface area contributed by atoms with E-state index in [4.69, 9.17) is 0 Å². The predicted molar refractivity (Wildman–Crippen MR) is 100 cm³/mol. The molecule has 1 aromatic heterocycles. The van der Waals surface area contributed by atoms with Crippen LogP contribution in [0.3, 0.4) is 0 Å². The number of rotatable bonds is 5. The quantitative estimate of drug-likeness (QED) is 0.842. The molecule has 140 valence electrons. The van der Waals surface area contributed by atoms with Crippen molar-refractivity contribution in [1.29, 1.82) is 0 Å². The van der Waals surface area contributed by atoms with E-state index in [0.717, 1.165) is 22.0 Å². The Kier molecular flexibility index (Phi) is 5.29. The molecule has 7 nitrogen and oxygen atoms in total. The minimum Gasteiger partial charge on any atom is -0.480 e. The molecule has 2 N–H and O–H groups in total. The van der Waals surface area contributed by atoms with Gasteiger partial charge in [-0.3, -0.25) is 19.4 Å². The van der Waals surface area contributed by atoms with E-state index in [9.17, 15) is 14.7 Å². The molecular formula is C19H26N4O3. The fourth-order valence-electron chi connectivity index (χ4n) is 3.48. The highest BCUT2D eigenvalue weighted by Crippen LogP contribution is 2.30. The van der Waals surface area contributed by atoms with Gasteiger partial charge in [0.15, 0.2) is 0 Å². The number of carboxylic acids is 1. The first-order chi connectivity index (χ1) is 12.4. The SMILES string of the molecule is Cc1ccc2[nH]cc([C@@H](C(=O)O)N3CCN(CC(=O)N(C)C)CC3)c2c1. The zero-order chi connectivity index (χ0) is 18.8. The monoisotopic (exact) mass is 358 g/mol. The molecule has 1 amide bonds. The smallest absolute Gasteiger partial charge is 0.325 e. The summed E-state index contributed by atoms with van der Waals surface area (Å²) in [7, 11) is 3.50. The van der Waals surface area contributed by atoms with Crippen molar-refractivity contribution in [1.82, 2.24) is 19.7 Å². The van der Waals surface area contributed by atoms with E-state index in [2.05, 4.69) is 9.88 Å². The summed E-state index contributed by atoms with van der Waals surface area (Å²) >= 11 is 0. The molecule has 1 aliphatic heterocycles. The van der Waals surface area contributed by atoms with Crippen LogP contribution < -0.4 is 0 Å². The van der Waals surface area contributed by atoms with E-state index in [1.807, 2.05) is 36.2 Å². The fourth-order valence-corrected chi connectivity index (χ4v) is 3.48. The summed E-state index contributed by atoms with van der Waals surface area (Å²) in [5.74, 6) is -0.773. The Morgan fingerprint density at radius 2 is 1.92 bits per heavy atom. The molecule has 1 atom stereocenters. The van der Waals surface area contributed by atoms with Crippen molar-refractivity contribution in [3.63, 3.8) is 0 Å². The summed E-state index contributed by atoms with van der Waals surface area (Å²) in [5, 5.41) is 10.8. The van der Waals surface area contributed by atoms with E-state index in [1.165, 1.54) is 0 Å². The number of aromatic amines is 1. The Hall–Kier alpha value is -2.38. The van der Waals surface area contributed by atoms with Gasteiger partial charge in [0.25, 0.3) is 0 Å². The number of aromatic nitrogens is 1. The zero-order valence-corrected chi connectivity index (χ0v) is 15.5. The summed E-state index contributed by atoms with van der Waals surface area (Å²) in [6.07, 6.45) is 1.81. The molecule has 1 aromatic carbocycles. The number of likely N-dealkylation sites (N-methyl/N-ethyl adjacent to an activating group) is 1. The summed E-state index contributed by atoms with van der Waals surface area (Å²) in [5.41, 5.74) is 2.86. The number of nitrogens with zero attached hydrogens (tertiary/aromatic N) is 3. The molecule has 0 unspecified atom stereocenters. The first kappa shape index (κ1) is 18.4. The van der Waals surface area contributed by atoms with Crippen molar-refractivity contribution >= 4 is 22.8 Å². The number of piperazine rings is 1. The van der Waals surface area contributed by atoms with Crippen LogP contribution in [0, 0.1) is 6.92 Å². The van der Waals surface area contributed by atoms with Crippen LogP contribution in [-0.2, 0) is 9.59 Å². The normalized spacial score (nSPS) is 17.3. The average molecular weight is 358 g/mol. The fraction of sp³-hybridized carbons (Fsp3) is 0.474. The maximum Gasteiger partial charge on any atom is 0.325 e. The molecule has 0 spiro atoms. The van der Waals surface area contributed by atoms with E-state index in [1.54, 1.807) is 19.0 Å². The maximum atomic E-state index is 12.0. The molecule has 0 bridgehead atoms. The van der Waals surface area contributed by atoms with Crippen molar-refractivity contribution in [3.8, 4) is 0 Å². The molecule has 3 rings (SSSR count). The van der Waals surface area contributed by atoms with Crippen LogP contribution in [0.25, 0.3) is 10.9 Å². The lowest BCUT2D eigenvalue weighted by Crippen LogP contribution is -2.51. The zero-order valence-electron chi connectivity index (χ0n) is 15.5. The molecule has 1 fully saturated rings. The van der Waals surface area contributed by atoms with Crippen LogP contribution in [0.15, 0.2) is 24.4 Å². The van der Waals surface area contributed by atoms with Gasteiger partial charge in [-0.1, -0.05) is 11.6 Å². The molecule has 0 radical (unpaired) electrons. The van der Waals surface area contributed by atoms with E-state index < -0.39 is 12.0 Å². The number of amides is 1. The van der Waals surface area contributed by atoms with Crippen LogP contribution >= 0.6 is 0 Å². The maximum absolute atomic E-state index is 12.0. The number of benzene rings is 1. The predicted octanol–water partition coefficient (Wildman–Crippen LogP) is 1.31. The molecule has 1 aliphatic rings. The molecule has 26 heavy (non-hydrogen) atoms. The van der Waals surface area contributed by atoms with Gasteiger partial charge in [-0.2, -0.15) is 0 Å². The molecular weight excluding hydrogens is 332 g/mol. The molecule has 7 heteroatoms. The average Bonchev–Trinajstić information content (AvgIpc) is 2.99. The van der Waals surface area contributed by atoms with Gasteiger partial charge in [0.2, 0.25) is 5.91 Å². The number of hydrogen-bond donors (Lipinski definition) is 2. The third kappa shape index (κ3) is 3.73. The molecule has 1 saturated heterocycles. The third-order valence-corrected chi connectivity index (χ3v) is 5.03. The minimum atomic E-state index is -0.842. The first-order valence-electron chi connectivity index (χ1n) is 8.84. The van der Waals surface area contributed by atoms with Gasteiger partial charge in [-0.15, -0.1) is 0 Å². The highest BCUT2D eigenvalue weighted by molar-refractivity contribution is 5.89. The van der Waals surface area contributed by atoms with Crippen molar-refractivity contribution in [3.05, 3.63) is 35.5 Å². The number of aliphatic carboxylic acids is 1. The Morgan fingerprint density at radius 3 is 2.54 bits per heavy atom. The van der Waals surface area contributed by atoms with Crippen molar-refractivity contribution in [2.45, 2.75) is 13.0 Å². The van der Waals surface area contributed by atoms with Crippen LogP contribution in [0.5, 0.6) is 0 Å². The van der Waals surface area contributed by atoms with Crippen molar-refractivity contribution < 1.29 is 14.7 Å². The van der Waals surface area contributed by atoms with Gasteiger partial charge in [0.05, 0.1) is 6.54 Å². The number of carbonyl (C=O) groups excluding carboxylic acids is 1. The molecule has 0 saturated carbocycles. The van der Waals surface area contributed by atoms with E-state index >= 15 is 0 Å². The number of nitrogens with one attached hydrogen (secondary N) is 1. The van der Waals surface area contributed by atoms with Gasteiger partial charge in [-0.25, -0.2) is 0 Å². The van der Waals surface area contributed by atoms with Crippen LogP contribution in [0.4, 0.5) is 0 Å². The van der Waals surface area contributed by atoms with Gasteiger partial charge in [-0.05, 0) is 19.1 Å². The number of aryl methyl sites for hydroxylation is 1. The van der Waals surface area contributed by atoms with Gasteiger partial charge in [0, 0.05) is 62.9 Å². The van der Waals surface area contributed by atoms with E-state index in [0.29, 0.717) is 32.7 Å². The first-order valence-corrected chi connectivity index (χ1v) is 8.84. The lowest BCUT2D eigenvalue weighted by molar-refractivity contribution is -0.145. The Morgan fingerprint density at radius 1 is 1.23 bits per heavy atom. The van der Waals surface area contributed by atoms with Crippen molar-refractivity contribution in [2.24, 2.45) is 0 Å². The number of H-pyrrole nitrogens is 1. The standard InChI is InChI=1S/C19H26N4O3/c1-13-4-5-16-14(10-13)15(11-20-16)18(19(25)26)23-8-6-22(7-9-23)12-17(24)21(2)3/h4-5,10-11,18,20H,6-9,12H2,1-3H3,(H,25,26)/t18-/m0/s1. The molecule has 2 heterocycles. The van der Waals surface area contributed by atoms with Crippen LogP contribution in [0.2, 0.25) is 0 Å². The Balaban J connectivity index is 1.76. The lowest BCUT2D eigenvalue weighted by Gasteiger charge is -2.37. The number of carbonyl (C=O) groups is 2. The number of carboxylic acid groups (broad SMARTS) is 1. The van der Waals surface area contributed by atoms with E-state index in [-0.39, 0.29) is 5.91 Å². The second-order valence-corrected chi connectivity index (χ2v) is 7.13. The third-order valence-electron chi connectivity index (χ3n) is 5.03. The minimum absolute atomic E-state index is 0.0698. The summed E-state index contributed by atoms with van der Waals surface area (Å²) < 4.78 is 0. The topological polar surface area (TPSA) is 79.9 Å². The van der Waals surface area contributed by atoms with Gasteiger partial charge < -0.3 is 15.0 Å². The number of fused-ring (bicyclic) bond motifs is 1. The van der Waals surface area contributed by atoms with Crippen LogP contribution in [0.1, 0.15) is 17.2 Å². The number of hydrogen-bond acceptors (Lipinski definition) is 4. The highest BCUT2D eigenvalue weighted by atomic mass is 16.4. The van der Waals surface area contributed by atoms with Crippen molar-refractivity contribution in [2.75, 3.05) is 46.8 Å². The van der Waals surface area contributed by atoms with Gasteiger partial charge >= 0.3 is 5.97 Å². The summed E-state index contributed by atoms with van der Waals surface area (Å²) in [4.78, 5) is 32.8.